The Morgan fingerprint density at radius 1 is 1.24 bits per heavy atom. The van der Waals surface area contributed by atoms with Gasteiger partial charge in [0, 0.05) is 43.8 Å². The SMILES string of the molecule is Cc1cc(Nc2ncnn3ccc(CN4CC(C)(O)C4)c23)ccc1Oc1ccnc(N=CN)c1. The molecule has 5 rings (SSSR count). The highest BCUT2D eigenvalue weighted by atomic mass is 16.5. The summed E-state index contributed by atoms with van der Waals surface area (Å²) in [4.78, 5) is 14.8. The van der Waals surface area contributed by atoms with Gasteiger partial charge in [-0.2, -0.15) is 5.10 Å². The minimum absolute atomic E-state index is 0.480. The standard InChI is InChI=1S/C24H26N8O2/c1-16-9-18(3-4-20(16)34-19-5-7-26-21(10-19)27-14-25)30-23-22-17(6-8-32(22)29-15-28-23)11-31-12-24(2,33)13-31/h3-10,14-15,33H,11-13H2,1-2H3,(H2,25,26,27)(H,28,29,30). The molecular formula is C24H26N8O2. The van der Waals surface area contributed by atoms with E-state index < -0.39 is 5.60 Å². The number of β-amino-alcohol motifs (C(OH)–C–C–N with tert-alkyl or cyclic N) is 1. The molecule has 4 heterocycles. The van der Waals surface area contributed by atoms with E-state index in [1.165, 1.54) is 12.7 Å². The number of ether oxygens (including phenoxy) is 1. The maximum absolute atomic E-state index is 10.0. The van der Waals surface area contributed by atoms with Crippen LogP contribution in [0.4, 0.5) is 17.3 Å². The molecule has 0 atom stereocenters. The summed E-state index contributed by atoms with van der Waals surface area (Å²) < 4.78 is 7.84. The Morgan fingerprint density at radius 3 is 2.85 bits per heavy atom. The van der Waals surface area contributed by atoms with Gasteiger partial charge in [-0.1, -0.05) is 0 Å². The molecule has 0 aliphatic carbocycles. The summed E-state index contributed by atoms with van der Waals surface area (Å²) in [6.45, 7) is 5.87. The lowest BCUT2D eigenvalue weighted by Gasteiger charge is -2.44. The monoisotopic (exact) mass is 458 g/mol. The first-order chi connectivity index (χ1) is 16.4. The molecule has 1 aromatic carbocycles. The van der Waals surface area contributed by atoms with E-state index in [0.29, 0.717) is 30.5 Å². The summed E-state index contributed by atoms with van der Waals surface area (Å²) in [5.41, 5.74) is 8.59. The zero-order valence-corrected chi connectivity index (χ0v) is 19.0. The zero-order valence-electron chi connectivity index (χ0n) is 19.0. The highest BCUT2D eigenvalue weighted by molar-refractivity contribution is 5.76. The lowest BCUT2D eigenvalue weighted by molar-refractivity contribution is -0.0869. The van der Waals surface area contributed by atoms with Crippen LogP contribution in [0.15, 0.2) is 60.1 Å². The van der Waals surface area contributed by atoms with Crippen molar-refractivity contribution in [3.63, 3.8) is 0 Å². The smallest absolute Gasteiger partial charge is 0.158 e. The molecular weight excluding hydrogens is 432 g/mol. The van der Waals surface area contributed by atoms with Crippen molar-refractivity contribution in [2.45, 2.75) is 26.0 Å². The molecule has 1 aliphatic heterocycles. The van der Waals surface area contributed by atoms with Crippen molar-refractivity contribution in [1.82, 2.24) is 24.5 Å². The number of likely N-dealkylation sites (tertiary alicyclic amines) is 1. The molecule has 0 saturated carbocycles. The summed E-state index contributed by atoms with van der Waals surface area (Å²) in [6.07, 6.45) is 6.28. The van der Waals surface area contributed by atoms with Crippen molar-refractivity contribution < 1.29 is 9.84 Å². The van der Waals surface area contributed by atoms with Crippen molar-refractivity contribution in [3.8, 4) is 11.5 Å². The van der Waals surface area contributed by atoms with Crippen molar-refractivity contribution in [2.24, 2.45) is 10.7 Å². The molecule has 0 bridgehead atoms. The van der Waals surface area contributed by atoms with Crippen LogP contribution < -0.4 is 15.8 Å². The second-order valence-corrected chi connectivity index (χ2v) is 8.72. The van der Waals surface area contributed by atoms with E-state index in [-0.39, 0.29) is 0 Å². The number of benzene rings is 1. The van der Waals surface area contributed by atoms with E-state index in [4.69, 9.17) is 10.5 Å². The molecule has 10 nitrogen and oxygen atoms in total. The van der Waals surface area contributed by atoms with Gasteiger partial charge < -0.3 is 20.9 Å². The topological polar surface area (TPSA) is 126 Å². The number of aryl methyl sites for hydroxylation is 1. The molecule has 1 fully saturated rings. The Hall–Kier alpha value is -4.02. The van der Waals surface area contributed by atoms with Crippen LogP contribution in [-0.4, -0.2) is 54.6 Å². The van der Waals surface area contributed by atoms with E-state index in [1.807, 2.05) is 48.8 Å². The highest BCUT2D eigenvalue weighted by Gasteiger charge is 2.36. The van der Waals surface area contributed by atoms with E-state index in [1.54, 1.807) is 18.3 Å². The molecule has 174 valence electrons. The van der Waals surface area contributed by atoms with Gasteiger partial charge in [0.2, 0.25) is 0 Å². The fraction of sp³-hybridized carbons (Fsp3) is 0.250. The number of nitrogens with one attached hydrogen (secondary N) is 1. The van der Waals surface area contributed by atoms with Crippen molar-refractivity contribution >= 4 is 29.2 Å². The summed E-state index contributed by atoms with van der Waals surface area (Å²) in [5.74, 6) is 2.54. The van der Waals surface area contributed by atoms with Gasteiger partial charge in [-0.25, -0.2) is 19.5 Å². The average molecular weight is 459 g/mol. The van der Waals surface area contributed by atoms with Crippen LogP contribution in [-0.2, 0) is 6.54 Å². The van der Waals surface area contributed by atoms with Gasteiger partial charge in [-0.3, -0.25) is 4.90 Å². The number of pyridine rings is 1. The molecule has 4 N–H and O–H groups in total. The third-order valence-electron chi connectivity index (χ3n) is 5.65. The predicted molar refractivity (Wildman–Crippen MR) is 130 cm³/mol. The van der Waals surface area contributed by atoms with Crippen LogP contribution in [0.1, 0.15) is 18.1 Å². The van der Waals surface area contributed by atoms with Crippen molar-refractivity contribution in [2.75, 3.05) is 18.4 Å². The molecule has 3 aromatic heterocycles. The minimum atomic E-state index is -0.607. The van der Waals surface area contributed by atoms with Crippen LogP contribution in [0.2, 0.25) is 0 Å². The quantitative estimate of drug-likeness (QED) is 0.285. The number of nitrogens with zero attached hydrogens (tertiary/aromatic N) is 6. The summed E-state index contributed by atoms with van der Waals surface area (Å²) in [6, 6.07) is 11.4. The summed E-state index contributed by atoms with van der Waals surface area (Å²) in [5, 5.41) is 17.8. The normalized spacial score (nSPS) is 15.5. The molecule has 4 aromatic rings. The van der Waals surface area contributed by atoms with Crippen LogP contribution >= 0.6 is 0 Å². The van der Waals surface area contributed by atoms with E-state index >= 15 is 0 Å². The number of aliphatic imine (C=N–C) groups is 1. The van der Waals surface area contributed by atoms with Crippen LogP contribution in [0.5, 0.6) is 11.5 Å². The van der Waals surface area contributed by atoms with Gasteiger partial charge in [-0.15, -0.1) is 0 Å². The van der Waals surface area contributed by atoms with E-state index in [2.05, 4.69) is 30.3 Å². The lowest BCUT2D eigenvalue weighted by Crippen LogP contribution is -2.59. The predicted octanol–water partition coefficient (Wildman–Crippen LogP) is 3.15. The molecule has 1 saturated heterocycles. The lowest BCUT2D eigenvalue weighted by atomic mass is 9.96. The molecule has 0 spiro atoms. The number of nitrogens with two attached hydrogens (primary N) is 1. The Labute approximate surface area is 196 Å². The van der Waals surface area contributed by atoms with Crippen LogP contribution in [0.3, 0.4) is 0 Å². The molecule has 34 heavy (non-hydrogen) atoms. The molecule has 1 aliphatic rings. The number of aromatic nitrogens is 4. The first kappa shape index (κ1) is 21.8. The molecule has 0 radical (unpaired) electrons. The van der Waals surface area contributed by atoms with Crippen LogP contribution in [0.25, 0.3) is 5.52 Å². The van der Waals surface area contributed by atoms with Crippen molar-refractivity contribution in [3.05, 3.63) is 66.2 Å². The number of fused-ring (bicyclic) bond motifs is 1. The second kappa shape index (κ2) is 8.73. The van der Waals surface area contributed by atoms with E-state index in [0.717, 1.165) is 34.6 Å². The van der Waals surface area contributed by atoms with Gasteiger partial charge in [-0.05, 0) is 55.3 Å². The van der Waals surface area contributed by atoms with Gasteiger partial charge in [0.1, 0.15) is 23.3 Å². The Kier molecular flexibility index (Phi) is 5.60. The van der Waals surface area contributed by atoms with Gasteiger partial charge in [0.25, 0.3) is 0 Å². The average Bonchev–Trinajstić information content (AvgIpc) is 3.19. The number of hydrogen-bond acceptors (Lipinski definition) is 8. The third-order valence-corrected chi connectivity index (χ3v) is 5.65. The zero-order chi connectivity index (χ0) is 23.7. The summed E-state index contributed by atoms with van der Waals surface area (Å²) in [7, 11) is 0. The second-order valence-electron chi connectivity index (χ2n) is 8.72. The third kappa shape index (κ3) is 4.54. The van der Waals surface area contributed by atoms with Gasteiger partial charge >= 0.3 is 0 Å². The number of hydrogen-bond donors (Lipinski definition) is 3. The fourth-order valence-electron chi connectivity index (χ4n) is 4.22. The maximum Gasteiger partial charge on any atom is 0.158 e. The minimum Gasteiger partial charge on any atom is -0.457 e. The van der Waals surface area contributed by atoms with Crippen molar-refractivity contribution in [1.29, 1.82) is 0 Å². The number of anilines is 2. The number of rotatable bonds is 7. The first-order valence-electron chi connectivity index (χ1n) is 10.9. The fourth-order valence-corrected chi connectivity index (χ4v) is 4.22. The largest absolute Gasteiger partial charge is 0.457 e. The highest BCUT2D eigenvalue weighted by Crippen LogP contribution is 2.31. The Bertz CT molecular complexity index is 1360. The molecule has 10 heteroatoms. The number of aliphatic hydroxyl groups is 1. The van der Waals surface area contributed by atoms with Gasteiger partial charge in [0.05, 0.1) is 11.9 Å². The van der Waals surface area contributed by atoms with Gasteiger partial charge in [0.15, 0.2) is 11.6 Å². The maximum atomic E-state index is 10.0. The molecule has 0 unspecified atom stereocenters. The van der Waals surface area contributed by atoms with E-state index in [9.17, 15) is 5.11 Å². The summed E-state index contributed by atoms with van der Waals surface area (Å²) >= 11 is 0. The molecule has 0 amide bonds. The Balaban J connectivity index is 1.35. The Morgan fingerprint density at radius 2 is 2.09 bits per heavy atom. The first-order valence-corrected chi connectivity index (χ1v) is 10.9. The van der Waals surface area contributed by atoms with Crippen LogP contribution in [0, 0.1) is 6.92 Å².